The van der Waals surface area contributed by atoms with Crippen LogP contribution >= 0.6 is 0 Å². The smallest absolute Gasteiger partial charge is 0.272 e. The van der Waals surface area contributed by atoms with E-state index in [2.05, 4.69) is 10.2 Å². The number of H-pyrrole nitrogens is 1. The summed E-state index contributed by atoms with van der Waals surface area (Å²) >= 11 is 0. The molecular weight excluding hydrogens is 333 g/mol. The maximum Gasteiger partial charge on any atom is 0.272 e. The number of carbonyl (C=O) groups excluding carboxylic acids is 1. The van der Waals surface area contributed by atoms with Crippen LogP contribution in [0, 0.1) is 5.82 Å². The number of aromatic nitrogens is 2. The lowest BCUT2D eigenvalue weighted by atomic mass is 10.1. The van der Waals surface area contributed by atoms with Gasteiger partial charge in [-0.2, -0.15) is 5.10 Å². The fourth-order valence-corrected chi connectivity index (χ4v) is 3.17. The van der Waals surface area contributed by atoms with Gasteiger partial charge in [-0.15, -0.1) is 0 Å². The zero-order chi connectivity index (χ0) is 18.1. The van der Waals surface area contributed by atoms with Gasteiger partial charge in [0.05, 0.1) is 17.5 Å². The van der Waals surface area contributed by atoms with Gasteiger partial charge in [0.25, 0.3) is 5.56 Å². The minimum Gasteiger partial charge on any atom is -0.335 e. The lowest BCUT2D eigenvalue weighted by molar-refractivity contribution is -0.131. The number of carbonyl (C=O) groups is 1. The summed E-state index contributed by atoms with van der Waals surface area (Å²) in [6, 6.07) is 13.8. The Labute approximate surface area is 149 Å². The lowest BCUT2D eigenvalue weighted by Gasteiger charge is -2.23. The molecule has 2 aromatic carbocycles. The highest BCUT2D eigenvalue weighted by Crippen LogP contribution is 2.29. The van der Waals surface area contributed by atoms with Crippen LogP contribution < -0.4 is 5.56 Å². The first-order valence-electron chi connectivity index (χ1n) is 8.62. The molecule has 26 heavy (non-hydrogen) atoms. The second-order valence-corrected chi connectivity index (χ2v) is 6.57. The molecule has 0 saturated heterocycles. The summed E-state index contributed by atoms with van der Waals surface area (Å²) in [7, 11) is 0. The average Bonchev–Trinajstić information content (AvgIpc) is 3.48. The third-order valence-corrected chi connectivity index (χ3v) is 4.70. The van der Waals surface area contributed by atoms with Gasteiger partial charge in [0.15, 0.2) is 0 Å². The second kappa shape index (κ2) is 6.71. The number of hydrogen-bond donors (Lipinski definition) is 1. The van der Waals surface area contributed by atoms with Crippen LogP contribution in [0.25, 0.3) is 10.8 Å². The van der Waals surface area contributed by atoms with Crippen molar-refractivity contribution in [2.45, 2.75) is 31.8 Å². The SMILES string of the molecule is O=C(Cc1n[nH]c(=O)c2ccccc12)N(Cc1ccccc1F)C1CC1. The van der Waals surface area contributed by atoms with E-state index in [1.807, 2.05) is 6.07 Å². The van der Waals surface area contributed by atoms with Crippen molar-refractivity contribution in [3.05, 3.63) is 76.0 Å². The van der Waals surface area contributed by atoms with Crippen LogP contribution in [0.4, 0.5) is 4.39 Å². The molecular formula is C20H18FN3O2. The number of nitrogens with zero attached hydrogens (tertiary/aromatic N) is 2. The Bertz CT molecular complexity index is 1030. The quantitative estimate of drug-likeness (QED) is 0.769. The van der Waals surface area contributed by atoms with Gasteiger partial charge in [-0.05, 0) is 25.0 Å². The van der Waals surface area contributed by atoms with Crippen molar-refractivity contribution in [3.63, 3.8) is 0 Å². The van der Waals surface area contributed by atoms with E-state index in [4.69, 9.17) is 0 Å². The molecule has 0 unspecified atom stereocenters. The molecule has 1 amide bonds. The number of fused-ring (bicyclic) bond motifs is 1. The van der Waals surface area contributed by atoms with Crippen LogP contribution in [-0.2, 0) is 17.8 Å². The molecule has 1 fully saturated rings. The summed E-state index contributed by atoms with van der Waals surface area (Å²) in [6.07, 6.45) is 1.93. The predicted octanol–water partition coefficient (Wildman–Crippen LogP) is 2.80. The Hall–Kier alpha value is -3.02. The average molecular weight is 351 g/mol. The number of hydrogen-bond acceptors (Lipinski definition) is 3. The van der Waals surface area contributed by atoms with Crippen molar-refractivity contribution in [2.75, 3.05) is 0 Å². The predicted molar refractivity (Wildman–Crippen MR) is 96.0 cm³/mol. The molecule has 6 heteroatoms. The molecule has 0 atom stereocenters. The molecule has 1 aliphatic rings. The third kappa shape index (κ3) is 3.22. The van der Waals surface area contributed by atoms with Crippen molar-refractivity contribution >= 4 is 16.7 Å². The molecule has 0 radical (unpaired) electrons. The number of amides is 1. The highest BCUT2D eigenvalue weighted by molar-refractivity contribution is 5.88. The maximum absolute atomic E-state index is 14.0. The Balaban J connectivity index is 1.61. The molecule has 4 rings (SSSR count). The van der Waals surface area contributed by atoms with E-state index >= 15 is 0 Å². The number of benzene rings is 2. The van der Waals surface area contributed by atoms with Crippen LogP contribution in [-0.4, -0.2) is 27.0 Å². The Morgan fingerprint density at radius 2 is 1.81 bits per heavy atom. The lowest BCUT2D eigenvalue weighted by Crippen LogP contribution is -2.34. The first-order chi connectivity index (χ1) is 12.6. The summed E-state index contributed by atoms with van der Waals surface area (Å²) in [6.45, 7) is 0.247. The highest BCUT2D eigenvalue weighted by Gasteiger charge is 2.33. The van der Waals surface area contributed by atoms with E-state index in [1.54, 1.807) is 41.3 Å². The van der Waals surface area contributed by atoms with Gasteiger partial charge in [0, 0.05) is 23.5 Å². The fraction of sp³-hybridized carbons (Fsp3) is 0.250. The van der Waals surface area contributed by atoms with E-state index < -0.39 is 0 Å². The first-order valence-corrected chi connectivity index (χ1v) is 8.62. The molecule has 1 heterocycles. The van der Waals surface area contributed by atoms with Gasteiger partial charge >= 0.3 is 0 Å². The molecule has 1 N–H and O–H groups in total. The molecule has 1 aliphatic carbocycles. The summed E-state index contributed by atoms with van der Waals surface area (Å²) in [5.41, 5.74) is 0.763. The third-order valence-electron chi connectivity index (χ3n) is 4.70. The van der Waals surface area contributed by atoms with Crippen molar-refractivity contribution in [2.24, 2.45) is 0 Å². The molecule has 1 saturated carbocycles. The summed E-state index contributed by atoms with van der Waals surface area (Å²) in [5.74, 6) is -0.418. The Kier molecular flexibility index (Phi) is 4.24. The first kappa shape index (κ1) is 16.4. The molecule has 1 aromatic heterocycles. The maximum atomic E-state index is 14.0. The fourth-order valence-electron chi connectivity index (χ4n) is 3.17. The van der Waals surface area contributed by atoms with E-state index in [0.29, 0.717) is 22.0 Å². The van der Waals surface area contributed by atoms with E-state index in [1.165, 1.54) is 6.07 Å². The van der Waals surface area contributed by atoms with E-state index in [0.717, 1.165) is 12.8 Å². The van der Waals surface area contributed by atoms with Crippen LogP contribution in [0.15, 0.2) is 53.3 Å². The molecule has 0 aliphatic heterocycles. The van der Waals surface area contributed by atoms with Gasteiger partial charge in [0.1, 0.15) is 5.82 Å². The van der Waals surface area contributed by atoms with Crippen LogP contribution in [0.3, 0.4) is 0 Å². The Morgan fingerprint density at radius 1 is 1.12 bits per heavy atom. The zero-order valence-corrected chi connectivity index (χ0v) is 14.1. The molecule has 0 spiro atoms. The minimum atomic E-state index is -0.307. The van der Waals surface area contributed by atoms with E-state index in [-0.39, 0.29) is 36.3 Å². The standard InChI is InChI=1S/C20H18FN3O2/c21-17-8-4-1-5-13(17)12-24(14-9-10-14)19(25)11-18-15-6-2-3-7-16(15)20(26)23-22-18/h1-8,14H,9-12H2,(H,23,26). The van der Waals surface area contributed by atoms with E-state index in [9.17, 15) is 14.0 Å². The number of halogens is 1. The van der Waals surface area contributed by atoms with Crippen molar-refractivity contribution in [1.82, 2.24) is 15.1 Å². The van der Waals surface area contributed by atoms with Crippen molar-refractivity contribution in [1.29, 1.82) is 0 Å². The van der Waals surface area contributed by atoms with Gasteiger partial charge in [-0.3, -0.25) is 9.59 Å². The molecule has 132 valence electrons. The zero-order valence-electron chi connectivity index (χ0n) is 14.1. The molecule has 5 nitrogen and oxygen atoms in total. The number of nitrogens with one attached hydrogen (secondary N) is 1. The molecule has 3 aromatic rings. The summed E-state index contributed by atoms with van der Waals surface area (Å²) < 4.78 is 14.0. The summed E-state index contributed by atoms with van der Waals surface area (Å²) in [5, 5.41) is 7.71. The van der Waals surface area contributed by atoms with Crippen LogP contribution in [0.1, 0.15) is 24.1 Å². The van der Waals surface area contributed by atoms with Gasteiger partial charge in [-0.1, -0.05) is 36.4 Å². The number of aromatic amines is 1. The highest BCUT2D eigenvalue weighted by atomic mass is 19.1. The van der Waals surface area contributed by atoms with Gasteiger partial charge in [-0.25, -0.2) is 9.49 Å². The van der Waals surface area contributed by atoms with Crippen LogP contribution in [0.5, 0.6) is 0 Å². The number of rotatable bonds is 5. The normalized spacial score (nSPS) is 13.7. The topological polar surface area (TPSA) is 66.1 Å². The van der Waals surface area contributed by atoms with Crippen LogP contribution in [0.2, 0.25) is 0 Å². The van der Waals surface area contributed by atoms with Crippen molar-refractivity contribution < 1.29 is 9.18 Å². The monoisotopic (exact) mass is 351 g/mol. The Morgan fingerprint density at radius 3 is 2.54 bits per heavy atom. The van der Waals surface area contributed by atoms with Gasteiger partial charge in [0.2, 0.25) is 5.91 Å². The minimum absolute atomic E-state index is 0.0717. The molecule has 0 bridgehead atoms. The summed E-state index contributed by atoms with van der Waals surface area (Å²) in [4.78, 5) is 26.5. The largest absolute Gasteiger partial charge is 0.335 e. The van der Waals surface area contributed by atoms with Crippen molar-refractivity contribution in [3.8, 4) is 0 Å². The van der Waals surface area contributed by atoms with Gasteiger partial charge < -0.3 is 4.90 Å². The second-order valence-electron chi connectivity index (χ2n) is 6.57.